The largest absolute Gasteiger partial charge is 0.365 e. The highest BCUT2D eigenvalue weighted by molar-refractivity contribution is 7.89. The molecule has 8 nitrogen and oxygen atoms in total. The van der Waals surface area contributed by atoms with Crippen molar-refractivity contribution >= 4 is 32.5 Å². The fourth-order valence-electron chi connectivity index (χ4n) is 5.00. The second-order valence-electron chi connectivity index (χ2n) is 9.38. The Morgan fingerprint density at radius 1 is 1.08 bits per heavy atom. The maximum absolute atomic E-state index is 13.5. The number of carbonyl (C=O) groups excluding carboxylic acids is 1. The molecule has 0 N–H and O–H groups in total. The number of aryl methyl sites for hydroxylation is 2. The van der Waals surface area contributed by atoms with Crippen molar-refractivity contribution in [2.24, 2.45) is 7.05 Å². The molecule has 2 aromatic carbocycles. The highest BCUT2D eigenvalue weighted by atomic mass is 32.2. The van der Waals surface area contributed by atoms with Crippen LogP contribution in [0, 0.1) is 6.92 Å². The number of fused-ring (bicyclic) bond motifs is 1. The van der Waals surface area contributed by atoms with Gasteiger partial charge in [-0.15, -0.1) is 0 Å². The van der Waals surface area contributed by atoms with Crippen molar-refractivity contribution in [3.05, 3.63) is 70.0 Å². The number of amides is 1. The van der Waals surface area contributed by atoms with Gasteiger partial charge in [-0.3, -0.25) is 9.59 Å². The molecular formula is C27H34N4O4S. The van der Waals surface area contributed by atoms with Crippen molar-refractivity contribution in [1.29, 1.82) is 0 Å². The molecule has 0 saturated carbocycles. The topological polar surface area (TPSA) is 82.9 Å². The number of sulfonamides is 1. The number of hydrogen-bond donors (Lipinski definition) is 0. The normalized spacial score (nSPS) is 16.7. The minimum atomic E-state index is -3.73. The summed E-state index contributed by atoms with van der Waals surface area (Å²) < 4.78 is 29.1. The number of aromatic nitrogens is 1. The van der Waals surface area contributed by atoms with Crippen LogP contribution in [-0.4, -0.2) is 66.9 Å². The first-order valence-electron chi connectivity index (χ1n) is 12.3. The van der Waals surface area contributed by atoms with Gasteiger partial charge in [0.25, 0.3) is 5.91 Å². The molecule has 1 atom stereocenters. The third kappa shape index (κ3) is 4.65. The third-order valence-corrected chi connectivity index (χ3v) is 9.03. The molecule has 1 aromatic heterocycles. The molecule has 1 amide bonds. The second kappa shape index (κ2) is 10.1. The van der Waals surface area contributed by atoms with Gasteiger partial charge in [-0.2, -0.15) is 4.31 Å². The zero-order chi connectivity index (χ0) is 26.2. The number of piperazine rings is 1. The lowest BCUT2D eigenvalue weighted by molar-refractivity contribution is 0.0724. The van der Waals surface area contributed by atoms with Crippen molar-refractivity contribution in [1.82, 2.24) is 13.8 Å². The highest BCUT2D eigenvalue weighted by Crippen LogP contribution is 2.24. The van der Waals surface area contributed by atoms with Gasteiger partial charge >= 0.3 is 0 Å². The van der Waals surface area contributed by atoms with Gasteiger partial charge < -0.3 is 14.4 Å². The molecule has 3 aromatic rings. The molecular weight excluding hydrogens is 476 g/mol. The van der Waals surface area contributed by atoms with Gasteiger partial charge in [0, 0.05) is 63.1 Å². The maximum atomic E-state index is 13.5. The Kier molecular flexibility index (Phi) is 7.24. The smallest absolute Gasteiger partial charge is 0.259 e. The van der Waals surface area contributed by atoms with Gasteiger partial charge in [-0.25, -0.2) is 8.42 Å². The van der Waals surface area contributed by atoms with Gasteiger partial charge in [0.05, 0.1) is 10.4 Å². The fraction of sp³-hybridized carbons (Fsp3) is 0.407. The number of rotatable bonds is 6. The summed E-state index contributed by atoms with van der Waals surface area (Å²) in [6.45, 7) is 10.00. The summed E-state index contributed by atoms with van der Waals surface area (Å²) in [7, 11) is -1.98. The molecule has 1 saturated heterocycles. The van der Waals surface area contributed by atoms with Crippen LogP contribution in [0.4, 0.5) is 5.69 Å². The summed E-state index contributed by atoms with van der Waals surface area (Å²) in [6, 6.07) is 12.9. The molecule has 4 rings (SSSR count). The van der Waals surface area contributed by atoms with E-state index < -0.39 is 15.5 Å². The Balaban J connectivity index is 1.66. The predicted octanol–water partition coefficient (Wildman–Crippen LogP) is 3.23. The first-order valence-corrected chi connectivity index (χ1v) is 13.8. The zero-order valence-corrected chi connectivity index (χ0v) is 22.4. The molecule has 1 fully saturated rings. The Morgan fingerprint density at radius 2 is 1.81 bits per heavy atom. The standard InChI is InChI=1S/C27H34N4O4S/c1-6-30(7-2)36(34,35)22-11-12-25-23(16-22)26(32)24(18-28(25)5)27(33)29-13-14-31(20(4)17-29)21-10-8-9-19(3)15-21/h8-12,15-16,18,20H,6-7,13-14,17H2,1-5H3. The van der Waals surface area contributed by atoms with E-state index in [0.717, 1.165) is 5.69 Å². The Labute approximate surface area is 212 Å². The summed E-state index contributed by atoms with van der Waals surface area (Å²) in [4.78, 5) is 31.0. The van der Waals surface area contributed by atoms with Crippen LogP contribution < -0.4 is 10.3 Å². The van der Waals surface area contributed by atoms with Crippen molar-refractivity contribution in [3.8, 4) is 0 Å². The van der Waals surface area contributed by atoms with Crippen LogP contribution in [0.5, 0.6) is 0 Å². The fourth-order valence-corrected chi connectivity index (χ4v) is 6.48. The van der Waals surface area contributed by atoms with Crippen LogP contribution in [0.25, 0.3) is 10.9 Å². The maximum Gasteiger partial charge on any atom is 0.259 e. The first-order chi connectivity index (χ1) is 17.1. The van der Waals surface area contributed by atoms with Crippen molar-refractivity contribution in [2.45, 2.75) is 38.6 Å². The van der Waals surface area contributed by atoms with Crippen molar-refractivity contribution in [2.75, 3.05) is 37.6 Å². The first kappa shape index (κ1) is 25.9. The molecule has 0 radical (unpaired) electrons. The molecule has 192 valence electrons. The van der Waals surface area contributed by atoms with E-state index in [1.54, 1.807) is 42.6 Å². The van der Waals surface area contributed by atoms with Gasteiger partial charge in [0.2, 0.25) is 15.5 Å². The quantitative estimate of drug-likeness (QED) is 0.509. The summed E-state index contributed by atoms with van der Waals surface area (Å²) in [5, 5.41) is 0.225. The van der Waals surface area contributed by atoms with Crippen LogP contribution in [0.15, 0.2) is 58.4 Å². The lowest BCUT2D eigenvalue weighted by Crippen LogP contribution is -2.54. The van der Waals surface area contributed by atoms with E-state index in [9.17, 15) is 18.0 Å². The minimum absolute atomic E-state index is 0.0543. The lowest BCUT2D eigenvalue weighted by Gasteiger charge is -2.41. The molecule has 1 aliphatic heterocycles. The van der Waals surface area contributed by atoms with Gasteiger partial charge in [-0.1, -0.05) is 26.0 Å². The molecule has 0 spiro atoms. The number of hydrogen-bond acceptors (Lipinski definition) is 5. The second-order valence-corrected chi connectivity index (χ2v) is 11.3. The number of anilines is 1. The van der Waals surface area contributed by atoms with Crippen LogP contribution >= 0.6 is 0 Å². The van der Waals surface area contributed by atoms with Crippen LogP contribution in [0.3, 0.4) is 0 Å². The van der Waals surface area contributed by atoms with Crippen molar-refractivity contribution in [3.63, 3.8) is 0 Å². The van der Waals surface area contributed by atoms with Gasteiger partial charge in [-0.05, 0) is 49.7 Å². The van der Waals surface area contributed by atoms with Gasteiger partial charge in [0.1, 0.15) is 5.56 Å². The molecule has 0 bridgehead atoms. The number of carbonyl (C=O) groups is 1. The summed E-state index contributed by atoms with van der Waals surface area (Å²) >= 11 is 0. The SMILES string of the molecule is CCN(CC)S(=O)(=O)c1ccc2c(c1)c(=O)c(C(=O)N1CCN(c3cccc(C)c3)C(C)C1)cn2C. The van der Waals surface area contributed by atoms with E-state index in [2.05, 4.69) is 36.9 Å². The Morgan fingerprint density at radius 3 is 2.44 bits per heavy atom. The van der Waals surface area contributed by atoms with Crippen molar-refractivity contribution < 1.29 is 13.2 Å². The summed E-state index contributed by atoms with van der Waals surface area (Å²) in [5.74, 6) is -0.328. The third-order valence-electron chi connectivity index (χ3n) is 6.98. The van der Waals surface area contributed by atoms with E-state index in [-0.39, 0.29) is 27.8 Å². The molecule has 0 aliphatic carbocycles. The molecule has 36 heavy (non-hydrogen) atoms. The highest BCUT2D eigenvalue weighted by Gasteiger charge is 2.30. The Bertz CT molecular complexity index is 1460. The van der Waals surface area contributed by atoms with Crippen LogP contribution in [-0.2, 0) is 17.1 Å². The number of benzene rings is 2. The van der Waals surface area contributed by atoms with Crippen LogP contribution in [0.2, 0.25) is 0 Å². The number of nitrogens with zero attached hydrogens (tertiary/aromatic N) is 4. The monoisotopic (exact) mass is 510 g/mol. The van der Waals surface area contributed by atoms with E-state index in [4.69, 9.17) is 0 Å². The number of pyridine rings is 1. The molecule has 2 heterocycles. The van der Waals surface area contributed by atoms with E-state index >= 15 is 0 Å². The average molecular weight is 511 g/mol. The lowest BCUT2D eigenvalue weighted by atomic mass is 10.1. The van der Waals surface area contributed by atoms with Crippen LogP contribution in [0.1, 0.15) is 36.7 Å². The van der Waals surface area contributed by atoms with E-state index in [0.29, 0.717) is 38.2 Å². The van der Waals surface area contributed by atoms with E-state index in [1.165, 1.54) is 22.0 Å². The Hall–Kier alpha value is -3.17. The molecule has 9 heteroatoms. The molecule has 1 aliphatic rings. The average Bonchev–Trinajstić information content (AvgIpc) is 2.86. The predicted molar refractivity (Wildman–Crippen MR) is 143 cm³/mol. The van der Waals surface area contributed by atoms with E-state index in [1.807, 2.05) is 6.07 Å². The summed E-state index contributed by atoms with van der Waals surface area (Å²) in [5.41, 5.74) is 2.49. The minimum Gasteiger partial charge on any atom is -0.365 e. The molecule has 1 unspecified atom stereocenters. The van der Waals surface area contributed by atoms with Gasteiger partial charge in [0.15, 0.2) is 0 Å². The summed E-state index contributed by atoms with van der Waals surface area (Å²) in [6.07, 6.45) is 1.56. The zero-order valence-electron chi connectivity index (χ0n) is 21.6.